The second kappa shape index (κ2) is 6.51. The van der Waals surface area contributed by atoms with Crippen LogP contribution < -0.4 is 4.84 Å². The Balaban J connectivity index is 2.09. The summed E-state index contributed by atoms with van der Waals surface area (Å²) in [5, 5.41) is 11.8. The van der Waals surface area contributed by atoms with Gasteiger partial charge < -0.3 is 4.84 Å². The van der Waals surface area contributed by atoms with Gasteiger partial charge in [0.1, 0.15) is 0 Å². The van der Waals surface area contributed by atoms with E-state index in [0.29, 0.717) is 12.3 Å². The summed E-state index contributed by atoms with van der Waals surface area (Å²) in [7, 11) is 0. The summed E-state index contributed by atoms with van der Waals surface area (Å²) >= 11 is 0. The molecule has 2 rings (SSSR count). The van der Waals surface area contributed by atoms with Gasteiger partial charge in [-0.1, -0.05) is 30.3 Å². The maximum Gasteiger partial charge on any atom is 0.269 e. The Labute approximate surface area is 121 Å². The molecule has 0 aliphatic carbocycles. The van der Waals surface area contributed by atoms with E-state index in [-0.39, 0.29) is 11.6 Å². The van der Waals surface area contributed by atoms with Crippen LogP contribution in [-0.2, 0) is 11.3 Å². The van der Waals surface area contributed by atoms with E-state index in [1.165, 1.54) is 36.3 Å². The van der Waals surface area contributed by atoms with E-state index in [2.05, 4.69) is 0 Å². The zero-order chi connectivity index (χ0) is 15.2. The fourth-order valence-corrected chi connectivity index (χ4v) is 1.71. The molecule has 1 amide bonds. The van der Waals surface area contributed by atoms with Gasteiger partial charge in [-0.25, -0.2) is 0 Å². The first-order valence-electron chi connectivity index (χ1n) is 6.31. The number of nitrogens with zero attached hydrogens (tertiary/aromatic N) is 2. The smallest absolute Gasteiger partial charge is 0.269 e. The normalized spacial score (nSPS) is 9.95. The highest BCUT2D eigenvalue weighted by molar-refractivity contribution is 5.72. The predicted molar refractivity (Wildman–Crippen MR) is 76.4 cm³/mol. The Hall–Kier alpha value is -2.89. The van der Waals surface area contributed by atoms with Gasteiger partial charge in [-0.15, -0.1) is 0 Å². The molecule has 0 saturated carbocycles. The summed E-state index contributed by atoms with van der Waals surface area (Å²) in [5.74, 6) is 0.115. The van der Waals surface area contributed by atoms with Crippen LogP contribution in [0, 0.1) is 10.1 Å². The highest BCUT2D eigenvalue weighted by Gasteiger charge is 2.13. The van der Waals surface area contributed by atoms with Crippen LogP contribution in [0.2, 0.25) is 0 Å². The minimum absolute atomic E-state index is 0.0280. The van der Waals surface area contributed by atoms with Gasteiger partial charge in [-0.3, -0.25) is 14.9 Å². The van der Waals surface area contributed by atoms with Crippen molar-refractivity contribution < 1.29 is 14.6 Å². The highest BCUT2D eigenvalue weighted by Crippen LogP contribution is 2.19. The summed E-state index contributed by atoms with van der Waals surface area (Å²) in [5.41, 5.74) is 0.898. The average Bonchev–Trinajstić information content (AvgIpc) is 2.48. The first-order valence-corrected chi connectivity index (χ1v) is 6.31. The standard InChI is InChI=1S/C15H14N2O4/c1-12(18)16(11-13-5-3-2-4-6-13)21-15-9-7-14(8-10-15)17(19)20/h2-10H,11H2,1H3. The third-order valence-corrected chi connectivity index (χ3v) is 2.78. The summed E-state index contributed by atoms with van der Waals surface area (Å²) in [6.07, 6.45) is 0. The van der Waals surface area contributed by atoms with Crippen molar-refractivity contribution in [1.29, 1.82) is 0 Å². The molecule has 108 valence electrons. The topological polar surface area (TPSA) is 72.7 Å². The van der Waals surface area contributed by atoms with Crippen LogP contribution in [-0.4, -0.2) is 15.9 Å². The van der Waals surface area contributed by atoms with Crippen LogP contribution in [0.4, 0.5) is 5.69 Å². The number of carbonyl (C=O) groups excluding carboxylic acids is 1. The lowest BCUT2D eigenvalue weighted by Crippen LogP contribution is -2.31. The molecular weight excluding hydrogens is 272 g/mol. The number of amides is 1. The molecule has 0 heterocycles. The number of rotatable bonds is 5. The highest BCUT2D eigenvalue weighted by atomic mass is 16.7. The number of hydrogen-bond acceptors (Lipinski definition) is 4. The summed E-state index contributed by atoms with van der Waals surface area (Å²) in [6, 6.07) is 15.0. The van der Waals surface area contributed by atoms with E-state index in [4.69, 9.17) is 4.84 Å². The van der Waals surface area contributed by atoms with Crippen molar-refractivity contribution in [2.75, 3.05) is 0 Å². The Morgan fingerprint density at radius 2 is 1.76 bits per heavy atom. The van der Waals surface area contributed by atoms with Gasteiger partial charge in [0, 0.05) is 19.1 Å². The number of hydroxylamine groups is 2. The van der Waals surface area contributed by atoms with Crippen LogP contribution in [0.25, 0.3) is 0 Å². The van der Waals surface area contributed by atoms with Gasteiger partial charge in [0.05, 0.1) is 11.5 Å². The molecule has 6 nitrogen and oxygen atoms in total. The van der Waals surface area contributed by atoms with Gasteiger partial charge in [0.2, 0.25) is 0 Å². The Kier molecular flexibility index (Phi) is 4.50. The molecule has 0 aliphatic rings. The molecule has 2 aromatic rings. The molecule has 0 aliphatic heterocycles. The van der Waals surface area contributed by atoms with Gasteiger partial charge in [0.15, 0.2) is 5.75 Å². The molecule has 0 fully saturated rings. The van der Waals surface area contributed by atoms with Crippen LogP contribution in [0.15, 0.2) is 54.6 Å². The van der Waals surface area contributed by atoms with Crippen molar-refractivity contribution in [3.05, 3.63) is 70.3 Å². The van der Waals surface area contributed by atoms with Gasteiger partial charge in [-0.2, -0.15) is 5.06 Å². The minimum atomic E-state index is -0.490. The monoisotopic (exact) mass is 286 g/mol. The molecule has 0 aromatic heterocycles. The summed E-state index contributed by atoms with van der Waals surface area (Å²) < 4.78 is 0. The summed E-state index contributed by atoms with van der Waals surface area (Å²) in [6.45, 7) is 1.70. The molecule has 0 bridgehead atoms. The van der Waals surface area contributed by atoms with E-state index in [1.807, 2.05) is 30.3 Å². The SMILES string of the molecule is CC(=O)N(Cc1ccccc1)Oc1ccc([N+](=O)[O-])cc1. The molecule has 0 spiro atoms. The Morgan fingerprint density at radius 1 is 1.14 bits per heavy atom. The molecule has 6 heteroatoms. The first kappa shape index (κ1) is 14.5. The largest absolute Gasteiger partial charge is 0.377 e. The quantitative estimate of drug-likeness (QED) is 0.625. The first-order chi connectivity index (χ1) is 10.1. The number of benzene rings is 2. The lowest BCUT2D eigenvalue weighted by Gasteiger charge is -2.21. The van der Waals surface area contributed by atoms with Gasteiger partial charge >= 0.3 is 0 Å². The number of carbonyl (C=O) groups is 1. The lowest BCUT2D eigenvalue weighted by atomic mass is 10.2. The Bertz CT molecular complexity index is 626. The van der Waals surface area contributed by atoms with Crippen LogP contribution in [0.5, 0.6) is 5.75 Å². The van der Waals surface area contributed by atoms with Crippen molar-refractivity contribution in [3.8, 4) is 5.75 Å². The van der Waals surface area contributed by atoms with Gasteiger partial charge in [0.25, 0.3) is 11.6 Å². The van der Waals surface area contributed by atoms with E-state index < -0.39 is 4.92 Å². The fraction of sp³-hybridized carbons (Fsp3) is 0.133. The molecule has 0 unspecified atom stereocenters. The maximum absolute atomic E-state index is 11.6. The molecule has 2 aromatic carbocycles. The Morgan fingerprint density at radius 3 is 2.29 bits per heavy atom. The lowest BCUT2D eigenvalue weighted by molar-refractivity contribution is -0.384. The van der Waals surface area contributed by atoms with Crippen LogP contribution in [0.1, 0.15) is 12.5 Å². The second-order valence-corrected chi connectivity index (χ2v) is 4.38. The number of non-ortho nitro benzene ring substituents is 1. The average molecular weight is 286 g/mol. The number of nitro groups is 1. The zero-order valence-electron chi connectivity index (χ0n) is 11.4. The van der Waals surface area contributed by atoms with Gasteiger partial charge in [-0.05, 0) is 17.7 Å². The third kappa shape index (κ3) is 4.04. The van der Waals surface area contributed by atoms with Crippen LogP contribution in [0.3, 0.4) is 0 Å². The zero-order valence-corrected chi connectivity index (χ0v) is 11.4. The molecule has 0 atom stereocenters. The van der Waals surface area contributed by atoms with Crippen molar-refractivity contribution in [2.24, 2.45) is 0 Å². The second-order valence-electron chi connectivity index (χ2n) is 4.38. The molecule has 21 heavy (non-hydrogen) atoms. The molecule has 0 saturated heterocycles. The summed E-state index contributed by atoms with van der Waals surface area (Å²) in [4.78, 5) is 27.2. The van der Waals surface area contributed by atoms with Crippen molar-refractivity contribution >= 4 is 11.6 Å². The van der Waals surface area contributed by atoms with Crippen LogP contribution >= 0.6 is 0 Å². The van der Waals surface area contributed by atoms with E-state index in [0.717, 1.165) is 5.56 Å². The van der Waals surface area contributed by atoms with E-state index in [1.54, 1.807) is 0 Å². The van der Waals surface area contributed by atoms with E-state index >= 15 is 0 Å². The minimum Gasteiger partial charge on any atom is -0.377 e. The third-order valence-electron chi connectivity index (χ3n) is 2.78. The maximum atomic E-state index is 11.6. The number of nitro benzene ring substituents is 1. The predicted octanol–water partition coefficient (Wildman–Crippen LogP) is 2.94. The molecule has 0 radical (unpaired) electrons. The molecular formula is C15H14N2O4. The molecule has 0 N–H and O–H groups in total. The van der Waals surface area contributed by atoms with Crippen molar-refractivity contribution in [2.45, 2.75) is 13.5 Å². The van der Waals surface area contributed by atoms with E-state index in [9.17, 15) is 14.9 Å². The fourth-order valence-electron chi connectivity index (χ4n) is 1.71. The number of hydrogen-bond donors (Lipinski definition) is 0. The van der Waals surface area contributed by atoms with Crippen molar-refractivity contribution in [3.63, 3.8) is 0 Å². The van der Waals surface area contributed by atoms with Crippen molar-refractivity contribution in [1.82, 2.24) is 5.06 Å².